The molecule has 1 saturated carbocycles. The first kappa shape index (κ1) is 18.6. The normalized spacial score (nSPS) is 20.8. The van der Waals surface area contributed by atoms with E-state index in [0.29, 0.717) is 5.92 Å². The summed E-state index contributed by atoms with van der Waals surface area (Å²) in [5.41, 5.74) is 0.149. The van der Waals surface area contributed by atoms with Crippen molar-refractivity contribution in [2.75, 3.05) is 0 Å². The topological polar surface area (TPSA) is 0 Å². The summed E-state index contributed by atoms with van der Waals surface area (Å²) < 4.78 is 39.0. The van der Waals surface area contributed by atoms with E-state index in [-0.39, 0.29) is 5.56 Å². The highest BCUT2D eigenvalue weighted by atomic mass is 19.2. The fourth-order valence-corrected chi connectivity index (χ4v) is 3.29. The number of rotatable bonds is 5. The van der Waals surface area contributed by atoms with Crippen LogP contribution in [0.15, 0.2) is 24.3 Å². The van der Waals surface area contributed by atoms with Crippen molar-refractivity contribution in [3.8, 4) is 11.8 Å². The second-order valence-electron chi connectivity index (χ2n) is 6.66. The second-order valence-corrected chi connectivity index (χ2v) is 6.66. The van der Waals surface area contributed by atoms with Gasteiger partial charge in [0.15, 0.2) is 17.5 Å². The number of allylic oxidation sites excluding steroid dienone is 2. The van der Waals surface area contributed by atoms with Crippen LogP contribution in [0.25, 0.3) is 0 Å². The van der Waals surface area contributed by atoms with E-state index in [1.165, 1.54) is 51.4 Å². The van der Waals surface area contributed by atoms with E-state index in [2.05, 4.69) is 24.8 Å². The first-order valence-corrected chi connectivity index (χ1v) is 8.93. The van der Waals surface area contributed by atoms with E-state index in [0.717, 1.165) is 18.1 Å². The Balaban J connectivity index is 1.80. The fraction of sp³-hybridized carbons (Fsp3) is 0.524. The Labute approximate surface area is 143 Å². The van der Waals surface area contributed by atoms with Gasteiger partial charge in [0, 0.05) is 5.56 Å². The third-order valence-corrected chi connectivity index (χ3v) is 4.76. The minimum Gasteiger partial charge on any atom is -0.204 e. The van der Waals surface area contributed by atoms with Crippen molar-refractivity contribution < 1.29 is 13.2 Å². The Kier molecular flexibility index (Phi) is 7.43. The molecule has 1 fully saturated rings. The van der Waals surface area contributed by atoms with Crippen molar-refractivity contribution in [3.05, 3.63) is 47.3 Å². The summed E-state index contributed by atoms with van der Waals surface area (Å²) in [7, 11) is 0. The van der Waals surface area contributed by atoms with Crippen molar-refractivity contribution in [2.24, 2.45) is 11.8 Å². The number of unbranched alkanes of at least 4 members (excludes halogenated alkanes) is 2. The highest BCUT2D eigenvalue weighted by Gasteiger charge is 2.18. The van der Waals surface area contributed by atoms with Crippen molar-refractivity contribution in [1.29, 1.82) is 0 Å². The Morgan fingerprint density at radius 3 is 2.33 bits per heavy atom. The molecule has 1 aromatic rings. The molecule has 0 aliphatic heterocycles. The average molecular weight is 334 g/mol. The molecule has 0 radical (unpaired) electrons. The van der Waals surface area contributed by atoms with Crippen LogP contribution in [0, 0.1) is 41.1 Å². The minimum atomic E-state index is -1.45. The van der Waals surface area contributed by atoms with Gasteiger partial charge in [-0.15, -0.1) is 0 Å². The van der Waals surface area contributed by atoms with Crippen LogP contribution in [-0.4, -0.2) is 0 Å². The molecule has 24 heavy (non-hydrogen) atoms. The van der Waals surface area contributed by atoms with E-state index in [9.17, 15) is 13.2 Å². The average Bonchev–Trinajstić information content (AvgIpc) is 2.58. The largest absolute Gasteiger partial charge is 0.204 e. The number of hydrogen-bond donors (Lipinski definition) is 0. The number of benzene rings is 1. The molecule has 1 aliphatic rings. The van der Waals surface area contributed by atoms with Gasteiger partial charge in [0.05, 0.1) is 0 Å². The fourth-order valence-electron chi connectivity index (χ4n) is 3.29. The van der Waals surface area contributed by atoms with Crippen LogP contribution in [0.4, 0.5) is 13.2 Å². The second kappa shape index (κ2) is 9.57. The lowest BCUT2D eigenvalue weighted by Gasteiger charge is -2.26. The van der Waals surface area contributed by atoms with Gasteiger partial charge in [-0.1, -0.05) is 50.5 Å². The standard InChI is InChI=1S/C21H25F3/c1-2-3-4-7-16-10-12-17(13-11-16)8-5-6-9-18-14-19(22)21(24)20(23)15-18/h5,8,14-17H,2-4,7,10-13H2,1H3/b8-5+. The Morgan fingerprint density at radius 1 is 1.04 bits per heavy atom. The van der Waals surface area contributed by atoms with Crippen LogP contribution in [0.5, 0.6) is 0 Å². The van der Waals surface area contributed by atoms with Crippen LogP contribution in [0.1, 0.15) is 63.9 Å². The van der Waals surface area contributed by atoms with Crippen LogP contribution in [-0.2, 0) is 0 Å². The molecule has 0 saturated heterocycles. The Morgan fingerprint density at radius 2 is 1.71 bits per heavy atom. The van der Waals surface area contributed by atoms with Crippen LogP contribution < -0.4 is 0 Å². The minimum absolute atomic E-state index is 0.149. The number of halogens is 3. The monoisotopic (exact) mass is 334 g/mol. The molecule has 2 rings (SSSR count). The number of hydrogen-bond acceptors (Lipinski definition) is 0. The third-order valence-electron chi connectivity index (χ3n) is 4.76. The van der Waals surface area contributed by atoms with Crippen molar-refractivity contribution in [3.63, 3.8) is 0 Å². The van der Waals surface area contributed by atoms with Crippen LogP contribution in [0.2, 0.25) is 0 Å². The van der Waals surface area contributed by atoms with Gasteiger partial charge in [-0.2, -0.15) is 0 Å². The van der Waals surface area contributed by atoms with E-state index >= 15 is 0 Å². The van der Waals surface area contributed by atoms with E-state index in [1.54, 1.807) is 6.08 Å². The smallest absolute Gasteiger partial charge is 0.194 e. The van der Waals surface area contributed by atoms with Gasteiger partial charge in [-0.05, 0) is 55.7 Å². The molecule has 0 amide bonds. The van der Waals surface area contributed by atoms with Gasteiger partial charge >= 0.3 is 0 Å². The Bertz CT molecular complexity index is 591. The van der Waals surface area contributed by atoms with Gasteiger partial charge in [0.1, 0.15) is 0 Å². The van der Waals surface area contributed by atoms with Crippen molar-refractivity contribution in [1.82, 2.24) is 0 Å². The molecule has 0 atom stereocenters. The third kappa shape index (κ3) is 5.74. The molecular weight excluding hydrogens is 309 g/mol. The zero-order chi connectivity index (χ0) is 17.4. The van der Waals surface area contributed by atoms with E-state index in [1.807, 2.05) is 0 Å². The van der Waals surface area contributed by atoms with Gasteiger partial charge in [-0.3, -0.25) is 0 Å². The summed E-state index contributed by atoms with van der Waals surface area (Å²) in [6.07, 6.45) is 14.1. The molecule has 3 heteroatoms. The molecule has 0 aromatic heterocycles. The lowest BCUT2D eigenvalue weighted by molar-refractivity contribution is 0.289. The lowest BCUT2D eigenvalue weighted by Crippen LogP contribution is -2.12. The SMILES string of the molecule is CCCCCC1CCC(/C=C/C#Cc2cc(F)c(F)c(F)c2)CC1. The summed E-state index contributed by atoms with van der Waals surface area (Å²) in [6.45, 7) is 2.23. The summed E-state index contributed by atoms with van der Waals surface area (Å²) in [5, 5.41) is 0. The summed E-state index contributed by atoms with van der Waals surface area (Å²) >= 11 is 0. The predicted molar refractivity (Wildman–Crippen MR) is 91.9 cm³/mol. The maximum Gasteiger partial charge on any atom is 0.194 e. The predicted octanol–water partition coefficient (Wildman–Crippen LogP) is 6.40. The molecule has 1 aromatic carbocycles. The molecular formula is C21H25F3. The van der Waals surface area contributed by atoms with E-state index in [4.69, 9.17) is 0 Å². The quantitative estimate of drug-likeness (QED) is 0.332. The van der Waals surface area contributed by atoms with Gasteiger partial charge in [0.25, 0.3) is 0 Å². The van der Waals surface area contributed by atoms with Crippen LogP contribution >= 0.6 is 0 Å². The molecule has 0 unspecified atom stereocenters. The summed E-state index contributed by atoms with van der Waals surface area (Å²) in [6, 6.07) is 1.83. The highest BCUT2D eigenvalue weighted by molar-refractivity contribution is 5.37. The Hall–Kier alpha value is -1.69. The molecule has 130 valence electrons. The molecule has 1 aliphatic carbocycles. The molecule has 0 heterocycles. The van der Waals surface area contributed by atoms with Crippen molar-refractivity contribution in [2.45, 2.75) is 58.3 Å². The molecule has 0 N–H and O–H groups in total. The lowest BCUT2D eigenvalue weighted by atomic mass is 9.79. The van der Waals surface area contributed by atoms with Crippen LogP contribution in [0.3, 0.4) is 0 Å². The molecule has 0 bridgehead atoms. The van der Waals surface area contributed by atoms with Gasteiger partial charge < -0.3 is 0 Å². The zero-order valence-corrected chi connectivity index (χ0v) is 14.3. The summed E-state index contributed by atoms with van der Waals surface area (Å²) in [5.74, 6) is 3.00. The first-order chi connectivity index (χ1) is 11.6. The van der Waals surface area contributed by atoms with Gasteiger partial charge in [-0.25, -0.2) is 13.2 Å². The first-order valence-electron chi connectivity index (χ1n) is 8.93. The van der Waals surface area contributed by atoms with E-state index < -0.39 is 17.5 Å². The summed E-state index contributed by atoms with van der Waals surface area (Å²) in [4.78, 5) is 0. The highest BCUT2D eigenvalue weighted by Crippen LogP contribution is 2.32. The molecule has 0 spiro atoms. The van der Waals surface area contributed by atoms with Crippen molar-refractivity contribution >= 4 is 0 Å². The maximum atomic E-state index is 13.1. The molecule has 0 nitrogen and oxygen atoms in total. The zero-order valence-electron chi connectivity index (χ0n) is 14.3. The maximum absolute atomic E-state index is 13.1. The van der Waals surface area contributed by atoms with Gasteiger partial charge in [0.2, 0.25) is 0 Å².